The highest BCUT2D eigenvalue weighted by atomic mass is 32.1. The summed E-state index contributed by atoms with van der Waals surface area (Å²) >= 11 is 5.21. The number of rotatable bonds is 16. The SMILES string of the molecule is CCCCCCCCCCCCCC(=O)NC(=S)Nc1ccc(C(=O)OCCC)cc1. The number of esters is 1. The number of anilines is 1. The Balaban J connectivity index is 2.10. The molecule has 1 aromatic carbocycles. The first-order valence-corrected chi connectivity index (χ1v) is 12.4. The molecular formula is C25H40N2O3S. The van der Waals surface area contributed by atoms with Crippen LogP contribution in [0.2, 0.25) is 0 Å². The van der Waals surface area contributed by atoms with Crippen LogP contribution in [0.15, 0.2) is 24.3 Å². The Morgan fingerprint density at radius 2 is 1.35 bits per heavy atom. The third-order valence-corrected chi connectivity index (χ3v) is 5.28. The highest BCUT2D eigenvalue weighted by Crippen LogP contribution is 2.13. The van der Waals surface area contributed by atoms with Crippen LogP contribution in [-0.2, 0) is 9.53 Å². The average molecular weight is 449 g/mol. The second kappa shape index (κ2) is 17.7. The Labute approximate surface area is 193 Å². The van der Waals surface area contributed by atoms with Crippen LogP contribution in [0.4, 0.5) is 5.69 Å². The second-order valence-electron chi connectivity index (χ2n) is 8.00. The van der Waals surface area contributed by atoms with Gasteiger partial charge in [-0.25, -0.2) is 4.79 Å². The van der Waals surface area contributed by atoms with E-state index < -0.39 is 0 Å². The second-order valence-corrected chi connectivity index (χ2v) is 8.41. The number of amides is 1. The van der Waals surface area contributed by atoms with Crippen LogP contribution in [0.3, 0.4) is 0 Å². The molecule has 0 aliphatic rings. The lowest BCUT2D eigenvalue weighted by Gasteiger charge is -2.10. The van der Waals surface area contributed by atoms with Gasteiger partial charge in [0.05, 0.1) is 12.2 Å². The third kappa shape index (κ3) is 13.9. The molecule has 0 spiro atoms. The molecule has 0 fully saturated rings. The molecule has 0 saturated heterocycles. The van der Waals surface area contributed by atoms with Crippen molar-refractivity contribution in [3.8, 4) is 0 Å². The summed E-state index contributed by atoms with van der Waals surface area (Å²) in [5.41, 5.74) is 1.21. The summed E-state index contributed by atoms with van der Waals surface area (Å²) in [6.45, 7) is 4.61. The van der Waals surface area contributed by atoms with Crippen LogP contribution in [0, 0.1) is 0 Å². The van der Waals surface area contributed by atoms with Gasteiger partial charge in [-0.2, -0.15) is 0 Å². The minimum Gasteiger partial charge on any atom is -0.462 e. The zero-order chi connectivity index (χ0) is 22.7. The molecule has 0 aliphatic carbocycles. The molecule has 0 heterocycles. The normalized spacial score (nSPS) is 10.5. The van der Waals surface area contributed by atoms with Crippen molar-refractivity contribution in [1.29, 1.82) is 0 Å². The van der Waals surface area contributed by atoms with Gasteiger partial charge in [0.1, 0.15) is 0 Å². The number of hydrogen-bond acceptors (Lipinski definition) is 4. The van der Waals surface area contributed by atoms with Gasteiger partial charge in [-0.15, -0.1) is 0 Å². The topological polar surface area (TPSA) is 67.4 Å². The fourth-order valence-electron chi connectivity index (χ4n) is 3.27. The Hall–Kier alpha value is -1.95. The number of thiocarbonyl (C=S) groups is 1. The van der Waals surface area contributed by atoms with Crippen LogP contribution in [0.1, 0.15) is 108 Å². The molecule has 0 aliphatic heterocycles. The zero-order valence-electron chi connectivity index (χ0n) is 19.3. The van der Waals surface area contributed by atoms with E-state index in [0.717, 1.165) is 19.3 Å². The Bertz CT molecular complexity index is 647. The van der Waals surface area contributed by atoms with Crippen molar-refractivity contribution < 1.29 is 14.3 Å². The third-order valence-electron chi connectivity index (χ3n) is 5.08. The van der Waals surface area contributed by atoms with Crippen LogP contribution < -0.4 is 10.6 Å². The number of hydrogen-bond donors (Lipinski definition) is 2. The fraction of sp³-hybridized carbons (Fsp3) is 0.640. The molecule has 1 amide bonds. The maximum Gasteiger partial charge on any atom is 0.338 e. The van der Waals surface area contributed by atoms with Gasteiger partial charge < -0.3 is 15.4 Å². The Morgan fingerprint density at radius 1 is 0.806 bits per heavy atom. The lowest BCUT2D eigenvalue weighted by molar-refractivity contribution is -0.119. The maximum atomic E-state index is 12.0. The van der Waals surface area contributed by atoms with Crippen LogP contribution in [-0.4, -0.2) is 23.6 Å². The predicted molar refractivity (Wildman–Crippen MR) is 132 cm³/mol. The number of carbonyl (C=O) groups is 2. The summed E-state index contributed by atoms with van der Waals surface area (Å²) in [4.78, 5) is 23.9. The first-order valence-electron chi connectivity index (χ1n) is 11.9. The van der Waals surface area contributed by atoms with E-state index in [1.54, 1.807) is 24.3 Å². The summed E-state index contributed by atoms with van der Waals surface area (Å²) in [6.07, 6.45) is 15.1. The summed E-state index contributed by atoms with van der Waals surface area (Å²) in [6, 6.07) is 6.83. The van der Waals surface area contributed by atoms with E-state index in [4.69, 9.17) is 17.0 Å². The molecule has 0 unspecified atom stereocenters. The smallest absolute Gasteiger partial charge is 0.338 e. The summed E-state index contributed by atoms with van der Waals surface area (Å²) < 4.78 is 5.10. The van der Waals surface area contributed by atoms with E-state index >= 15 is 0 Å². The maximum absolute atomic E-state index is 12.0. The number of unbranched alkanes of at least 4 members (excludes halogenated alkanes) is 10. The highest BCUT2D eigenvalue weighted by molar-refractivity contribution is 7.80. The number of carbonyl (C=O) groups excluding carboxylic acids is 2. The Morgan fingerprint density at radius 3 is 1.90 bits per heavy atom. The van der Waals surface area contributed by atoms with Crippen molar-refractivity contribution in [2.45, 2.75) is 97.3 Å². The number of nitrogens with one attached hydrogen (secondary N) is 2. The van der Waals surface area contributed by atoms with Crippen molar-refractivity contribution in [2.75, 3.05) is 11.9 Å². The highest BCUT2D eigenvalue weighted by Gasteiger charge is 2.08. The molecule has 6 heteroatoms. The summed E-state index contributed by atoms with van der Waals surface area (Å²) in [5, 5.41) is 5.96. The molecule has 1 aromatic rings. The van der Waals surface area contributed by atoms with E-state index in [1.807, 2.05) is 6.92 Å². The number of ether oxygens (including phenoxy) is 1. The molecule has 0 atom stereocenters. The molecule has 0 radical (unpaired) electrons. The molecule has 0 saturated carbocycles. The standard InChI is InChI=1S/C25H40N2O3S/c1-3-5-6-7-8-9-10-11-12-13-14-15-23(28)27-25(31)26-22-18-16-21(17-19-22)24(29)30-20-4-2/h16-19H,3-15,20H2,1-2H3,(H2,26,27,28,31). The largest absolute Gasteiger partial charge is 0.462 e. The van der Waals surface area contributed by atoms with Crippen LogP contribution >= 0.6 is 12.2 Å². The van der Waals surface area contributed by atoms with Gasteiger partial charge in [0.2, 0.25) is 5.91 Å². The van der Waals surface area contributed by atoms with Gasteiger partial charge in [0.15, 0.2) is 5.11 Å². The number of benzene rings is 1. The van der Waals surface area contributed by atoms with E-state index in [-0.39, 0.29) is 17.0 Å². The van der Waals surface area contributed by atoms with Gasteiger partial charge in [0, 0.05) is 12.1 Å². The van der Waals surface area contributed by atoms with E-state index in [2.05, 4.69) is 17.6 Å². The van der Waals surface area contributed by atoms with E-state index in [0.29, 0.717) is 24.3 Å². The van der Waals surface area contributed by atoms with Gasteiger partial charge in [-0.1, -0.05) is 78.1 Å². The summed E-state index contributed by atoms with van der Waals surface area (Å²) in [7, 11) is 0. The molecule has 1 rings (SSSR count). The molecule has 5 nitrogen and oxygen atoms in total. The van der Waals surface area contributed by atoms with Gasteiger partial charge in [-0.05, 0) is 49.3 Å². The van der Waals surface area contributed by atoms with Gasteiger partial charge in [-0.3, -0.25) is 4.79 Å². The summed E-state index contributed by atoms with van der Waals surface area (Å²) in [5.74, 6) is -0.399. The zero-order valence-corrected chi connectivity index (χ0v) is 20.2. The molecule has 174 valence electrons. The van der Waals surface area contributed by atoms with Crippen molar-refractivity contribution in [3.63, 3.8) is 0 Å². The van der Waals surface area contributed by atoms with Crippen LogP contribution in [0.25, 0.3) is 0 Å². The average Bonchev–Trinajstić information content (AvgIpc) is 2.76. The van der Waals surface area contributed by atoms with Gasteiger partial charge in [0.25, 0.3) is 0 Å². The van der Waals surface area contributed by atoms with Crippen molar-refractivity contribution in [3.05, 3.63) is 29.8 Å². The predicted octanol–water partition coefficient (Wildman–Crippen LogP) is 6.77. The quantitative estimate of drug-likeness (QED) is 0.166. The lowest BCUT2D eigenvalue weighted by Crippen LogP contribution is -2.33. The molecule has 2 N–H and O–H groups in total. The van der Waals surface area contributed by atoms with Crippen molar-refractivity contribution in [2.24, 2.45) is 0 Å². The van der Waals surface area contributed by atoms with E-state index in [1.165, 1.54) is 57.8 Å². The molecule has 31 heavy (non-hydrogen) atoms. The monoisotopic (exact) mass is 448 g/mol. The fourth-order valence-corrected chi connectivity index (χ4v) is 3.50. The van der Waals surface area contributed by atoms with Crippen LogP contribution in [0.5, 0.6) is 0 Å². The van der Waals surface area contributed by atoms with E-state index in [9.17, 15) is 9.59 Å². The molecule has 0 bridgehead atoms. The van der Waals surface area contributed by atoms with Crippen molar-refractivity contribution >= 4 is 34.9 Å². The first-order chi connectivity index (χ1) is 15.1. The lowest BCUT2D eigenvalue weighted by atomic mass is 10.1. The molecular weight excluding hydrogens is 408 g/mol. The van der Waals surface area contributed by atoms with Gasteiger partial charge >= 0.3 is 5.97 Å². The minimum absolute atomic E-state index is 0.0619. The first kappa shape index (κ1) is 27.1. The minimum atomic E-state index is -0.337. The Kier molecular flexibility index (Phi) is 15.5. The van der Waals surface area contributed by atoms with Crippen molar-refractivity contribution in [1.82, 2.24) is 5.32 Å². The molecule has 0 aromatic heterocycles.